The van der Waals surface area contributed by atoms with Gasteiger partial charge in [-0.05, 0) is 62.6 Å². The highest BCUT2D eigenvalue weighted by Gasteiger charge is 2.23. The van der Waals surface area contributed by atoms with Gasteiger partial charge in [0.15, 0.2) is 0 Å². The highest BCUT2D eigenvalue weighted by molar-refractivity contribution is 9.10. The number of fused-ring (bicyclic) bond motifs is 1. The van der Waals surface area contributed by atoms with E-state index in [-0.39, 0.29) is 6.04 Å². The van der Waals surface area contributed by atoms with Crippen molar-refractivity contribution >= 4 is 27.3 Å². The van der Waals surface area contributed by atoms with Gasteiger partial charge in [0.05, 0.1) is 13.2 Å². The molecule has 21 heavy (non-hydrogen) atoms. The molecule has 1 aromatic carbocycles. The average molecular weight is 366 g/mol. The number of ether oxygens (including phenoxy) is 1. The van der Waals surface area contributed by atoms with Gasteiger partial charge in [-0.3, -0.25) is 0 Å². The summed E-state index contributed by atoms with van der Waals surface area (Å²) in [5.74, 6) is 0.948. The van der Waals surface area contributed by atoms with Crippen LogP contribution < -0.4 is 10.1 Å². The van der Waals surface area contributed by atoms with Gasteiger partial charge in [-0.2, -0.15) is 0 Å². The summed E-state index contributed by atoms with van der Waals surface area (Å²) >= 11 is 5.59. The molecule has 112 valence electrons. The molecule has 1 aliphatic rings. The van der Waals surface area contributed by atoms with E-state index in [1.54, 1.807) is 17.6 Å². The van der Waals surface area contributed by atoms with Crippen molar-refractivity contribution in [3.8, 4) is 5.75 Å². The summed E-state index contributed by atoms with van der Waals surface area (Å²) < 4.78 is 6.73. The lowest BCUT2D eigenvalue weighted by Gasteiger charge is -2.19. The lowest BCUT2D eigenvalue weighted by molar-refractivity contribution is 0.405. The molecule has 1 atom stereocenters. The molecule has 1 aromatic heterocycles. The molecule has 2 aromatic rings. The van der Waals surface area contributed by atoms with E-state index in [0.717, 1.165) is 10.2 Å². The molecule has 1 aliphatic carbocycles. The van der Waals surface area contributed by atoms with Crippen molar-refractivity contribution in [1.29, 1.82) is 0 Å². The van der Waals surface area contributed by atoms with Crippen LogP contribution in [0.4, 0.5) is 0 Å². The normalized spacial score (nSPS) is 15.0. The number of hydrogen-bond donors (Lipinski definition) is 1. The number of hydrogen-bond acceptors (Lipinski definition) is 3. The van der Waals surface area contributed by atoms with Crippen LogP contribution in [0.1, 0.15) is 38.9 Å². The number of benzene rings is 1. The topological polar surface area (TPSA) is 21.3 Å². The molecule has 1 heterocycles. The molecule has 1 N–H and O–H groups in total. The maximum Gasteiger partial charge on any atom is 0.124 e. The lowest BCUT2D eigenvalue weighted by Crippen LogP contribution is -2.17. The zero-order valence-electron chi connectivity index (χ0n) is 12.6. The molecule has 2 nitrogen and oxygen atoms in total. The SMILES string of the molecule is CNC(c1cc2c(s1)CCC2)c1cc(Br)c(C)cc1OC. The van der Waals surface area contributed by atoms with Gasteiger partial charge in [-0.25, -0.2) is 0 Å². The molecule has 1 unspecified atom stereocenters. The molecule has 0 amide bonds. The predicted molar refractivity (Wildman–Crippen MR) is 92.7 cm³/mol. The fourth-order valence-corrected chi connectivity index (χ4v) is 4.77. The van der Waals surface area contributed by atoms with Gasteiger partial charge >= 0.3 is 0 Å². The summed E-state index contributed by atoms with van der Waals surface area (Å²) in [5, 5.41) is 3.45. The van der Waals surface area contributed by atoms with E-state index in [1.807, 2.05) is 18.4 Å². The number of thiophene rings is 1. The molecule has 0 saturated carbocycles. The molecule has 0 fully saturated rings. The highest BCUT2D eigenvalue weighted by atomic mass is 79.9. The number of rotatable bonds is 4. The Bertz CT molecular complexity index is 644. The first-order valence-corrected chi connectivity index (χ1v) is 8.87. The third-order valence-corrected chi connectivity index (χ3v) is 6.32. The first kappa shape index (κ1) is 15.1. The maximum absolute atomic E-state index is 5.61. The average Bonchev–Trinajstić information content (AvgIpc) is 3.04. The number of aryl methyl sites for hydroxylation is 3. The maximum atomic E-state index is 5.61. The number of methoxy groups -OCH3 is 1. The summed E-state index contributed by atoms with van der Waals surface area (Å²) in [6.07, 6.45) is 3.78. The summed E-state index contributed by atoms with van der Waals surface area (Å²) in [5.41, 5.74) is 3.93. The second-order valence-electron chi connectivity index (χ2n) is 5.52. The van der Waals surface area contributed by atoms with Crippen molar-refractivity contribution in [2.24, 2.45) is 0 Å². The summed E-state index contributed by atoms with van der Waals surface area (Å²) in [6, 6.07) is 6.85. The van der Waals surface area contributed by atoms with Crippen LogP contribution in [0.15, 0.2) is 22.7 Å². The Morgan fingerprint density at radius 2 is 2.10 bits per heavy atom. The molecule has 0 aliphatic heterocycles. The largest absolute Gasteiger partial charge is 0.496 e. The van der Waals surface area contributed by atoms with Crippen molar-refractivity contribution in [2.45, 2.75) is 32.2 Å². The summed E-state index contributed by atoms with van der Waals surface area (Å²) in [7, 11) is 3.76. The second kappa shape index (κ2) is 6.11. The Labute approximate surface area is 138 Å². The minimum atomic E-state index is 0.187. The third-order valence-electron chi connectivity index (χ3n) is 4.16. The zero-order valence-corrected chi connectivity index (χ0v) is 15.0. The van der Waals surface area contributed by atoms with Crippen molar-refractivity contribution in [2.75, 3.05) is 14.2 Å². The van der Waals surface area contributed by atoms with E-state index in [0.29, 0.717) is 0 Å². The summed E-state index contributed by atoms with van der Waals surface area (Å²) in [4.78, 5) is 2.95. The molecule has 0 spiro atoms. The van der Waals surface area contributed by atoms with E-state index >= 15 is 0 Å². The van der Waals surface area contributed by atoms with Crippen molar-refractivity contribution in [3.63, 3.8) is 0 Å². The van der Waals surface area contributed by atoms with E-state index in [2.05, 4.69) is 46.4 Å². The third kappa shape index (κ3) is 2.77. The van der Waals surface area contributed by atoms with Crippen LogP contribution in [0.3, 0.4) is 0 Å². The van der Waals surface area contributed by atoms with Gasteiger partial charge < -0.3 is 10.1 Å². The van der Waals surface area contributed by atoms with Crippen LogP contribution in [0, 0.1) is 6.92 Å². The van der Waals surface area contributed by atoms with Gasteiger partial charge in [0.1, 0.15) is 5.75 Å². The highest BCUT2D eigenvalue weighted by Crippen LogP contribution is 2.39. The molecule has 3 rings (SSSR count). The van der Waals surface area contributed by atoms with Gasteiger partial charge in [0.25, 0.3) is 0 Å². The van der Waals surface area contributed by atoms with Crippen LogP contribution in [-0.2, 0) is 12.8 Å². The Balaban J connectivity index is 2.04. The zero-order chi connectivity index (χ0) is 15.0. The van der Waals surface area contributed by atoms with E-state index in [1.165, 1.54) is 35.3 Å². The molecule has 0 radical (unpaired) electrons. The van der Waals surface area contributed by atoms with Gasteiger partial charge in [0, 0.05) is 19.8 Å². The summed E-state index contributed by atoms with van der Waals surface area (Å²) in [6.45, 7) is 2.09. The van der Waals surface area contributed by atoms with Crippen molar-refractivity contribution in [1.82, 2.24) is 5.32 Å². The minimum absolute atomic E-state index is 0.187. The molecular weight excluding hydrogens is 346 g/mol. The smallest absolute Gasteiger partial charge is 0.124 e. The molecular formula is C17H20BrNOS. The Morgan fingerprint density at radius 1 is 1.29 bits per heavy atom. The monoisotopic (exact) mass is 365 g/mol. The first-order chi connectivity index (χ1) is 10.1. The van der Waals surface area contributed by atoms with E-state index in [9.17, 15) is 0 Å². The van der Waals surface area contributed by atoms with Gasteiger partial charge in [0.2, 0.25) is 0 Å². The molecule has 0 saturated heterocycles. The standard InChI is InChI=1S/C17H20BrNOS/c1-10-7-14(20-3)12(9-13(10)18)17(19-2)16-8-11-5-4-6-15(11)21-16/h7-9,17,19H,4-6H2,1-3H3. The van der Waals surface area contributed by atoms with Crippen LogP contribution in [0.5, 0.6) is 5.75 Å². The van der Waals surface area contributed by atoms with Crippen molar-refractivity contribution in [3.05, 3.63) is 49.1 Å². The van der Waals surface area contributed by atoms with Gasteiger partial charge in [-0.1, -0.05) is 15.9 Å². The minimum Gasteiger partial charge on any atom is -0.496 e. The van der Waals surface area contributed by atoms with E-state index < -0.39 is 0 Å². The van der Waals surface area contributed by atoms with Crippen LogP contribution in [0.25, 0.3) is 0 Å². The number of halogens is 1. The molecule has 4 heteroatoms. The van der Waals surface area contributed by atoms with Crippen LogP contribution in [-0.4, -0.2) is 14.2 Å². The quantitative estimate of drug-likeness (QED) is 0.852. The fourth-order valence-electron chi connectivity index (χ4n) is 3.02. The predicted octanol–water partition coefficient (Wildman–Crippen LogP) is 4.63. The second-order valence-corrected chi connectivity index (χ2v) is 7.54. The Hall–Kier alpha value is -0.840. The molecule has 0 bridgehead atoms. The van der Waals surface area contributed by atoms with Gasteiger partial charge in [-0.15, -0.1) is 11.3 Å². The Morgan fingerprint density at radius 3 is 2.76 bits per heavy atom. The van der Waals surface area contributed by atoms with Crippen LogP contribution in [0.2, 0.25) is 0 Å². The first-order valence-electron chi connectivity index (χ1n) is 7.26. The van der Waals surface area contributed by atoms with Crippen molar-refractivity contribution < 1.29 is 4.74 Å². The fraction of sp³-hybridized carbons (Fsp3) is 0.412. The van der Waals surface area contributed by atoms with Crippen LogP contribution >= 0.6 is 27.3 Å². The lowest BCUT2D eigenvalue weighted by atomic mass is 10.0. The number of nitrogens with one attached hydrogen (secondary N) is 1. The Kier molecular flexibility index (Phi) is 4.38. The van der Waals surface area contributed by atoms with E-state index in [4.69, 9.17) is 4.74 Å².